The monoisotopic (exact) mass is 247 g/mol. The quantitative estimate of drug-likeness (QED) is 0.820. The number of nitrogens with zero attached hydrogens (tertiary/aromatic N) is 1. The van der Waals surface area contributed by atoms with Gasteiger partial charge in [-0.1, -0.05) is 12.1 Å². The normalized spacial score (nSPS) is 10.2. The second-order valence-electron chi connectivity index (χ2n) is 3.59. The van der Waals surface area contributed by atoms with Crippen molar-refractivity contribution in [3.63, 3.8) is 0 Å². The Balaban J connectivity index is 2.20. The van der Waals surface area contributed by atoms with E-state index in [9.17, 15) is 4.79 Å². The van der Waals surface area contributed by atoms with Crippen molar-refractivity contribution in [3.05, 3.63) is 41.6 Å². The number of benzene rings is 1. The molecule has 0 saturated carbocycles. The zero-order valence-electron chi connectivity index (χ0n) is 9.65. The van der Waals surface area contributed by atoms with Gasteiger partial charge in [0.15, 0.2) is 5.82 Å². The largest absolute Gasteiger partial charge is 0.305 e. The lowest BCUT2D eigenvalue weighted by molar-refractivity contribution is 0.102. The summed E-state index contributed by atoms with van der Waals surface area (Å²) in [5.74, 6) is 0.407. The second kappa shape index (κ2) is 5.05. The van der Waals surface area contributed by atoms with Crippen molar-refractivity contribution in [2.24, 2.45) is 0 Å². The van der Waals surface area contributed by atoms with Crippen molar-refractivity contribution in [2.75, 3.05) is 11.6 Å². The number of rotatable bonds is 3. The molecule has 17 heavy (non-hydrogen) atoms. The molecular weight excluding hydrogens is 234 g/mol. The molecule has 4 nitrogen and oxygen atoms in total. The molecule has 0 fully saturated rings. The van der Waals surface area contributed by atoms with Crippen LogP contribution in [0.5, 0.6) is 0 Å². The summed E-state index contributed by atoms with van der Waals surface area (Å²) in [5, 5.41) is 9.52. The highest BCUT2D eigenvalue weighted by Gasteiger charge is 2.11. The number of thioether (sulfide) groups is 1. The van der Waals surface area contributed by atoms with Gasteiger partial charge < -0.3 is 5.32 Å². The number of hydrogen-bond acceptors (Lipinski definition) is 3. The lowest BCUT2D eigenvalue weighted by Crippen LogP contribution is -2.13. The van der Waals surface area contributed by atoms with Crippen molar-refractivity contribution in [1.29, 1.82) is 0 Å². The number of aromatic amines is 1. The average Bonchev–Trinajstić information content (AvgIpc) is 2.74. The van der Waals surface area contributed by atoms with Gasteiger partial charge in [-0.25, -0.2) is 0 Å². The number of anilines is 1. The Hall–Kier alpha value is -1.75. The van der Waals surface area contributed by atoms with E-state index in [4.69, 9.17) is 0 Å². The van der Waals surface area contributed by atoms with Crippen LogP contribution in [-0.4, -0.2) is 22.4 Å². The first-order valence-electron chi connectivity index (χ1n) is 5.17. The zero-order valence-corrected chi connectivity index (χ0v) is 10.5. The third kappa shape index (κ3) is 2.68. The molecule has 0 saturated heterocycles. The number of hydrogen-bond donors (Lipinski definition) is 2. The number of nitrogens with one attached hydrogen (secondary N) is 2. The SMILES string of the molecule is CSc1ccccc1C(=O)Nc1cc(C)[nH]n1. The Labute approximate surface area is 104 Å². The molecule has 0 unspecified atom stereocenters. The Morgan fingerprint density at radius 1 is 1.41 bits per heavy atom. The highest BCUT2D eigenvalue weighted by Crippen LogP contribution is 2.20. The van der Waals surface area contributed by atoms with E-state index < -0.39 is 0 Å². The molecule has 88 valence electrons. The van der Waals surface area contributed by atoms with Crippen molar-refractivity contribution in [3.8, 4) is 0 Å². The van der Waals surface area contributed by atoms with Gasteiger partial charge in [-0.2, -0.15) is 5.10 Å². The van der Waals surface area contributed by atoms with Gasteiger partial charge >= 0.3 is 0 Å². The van der Waals surface area contributed by atoms with E-state index in [1.807, 2.05) is 31.4 Å². The van der Waals surface area contributed by atoms with Crippen LogP contribution in [-0.2, 0) is 0 Å². The molecule has 0 atom stereocenters. The fourth-order valence-electron chi connectivity index (χ4n) is 1.50. The van der Waals surface area contributed by atoms with Gasteiger partial charge in [-0.15, -0.1) is 11.8 Å². The Morgan fingerprint density at radius 3 is 2.82 bits per heavy atom. The molecule has 0 aliphatic heterocycles. The van der Waals surface area contributed by atoms with Crippen molar-refractivity contribution in [1.82, 2.24) is 10.2 Å². The summed E-state index contributed by atoms with van der Waals surface area (Å²) in [6, 6.07) is 9.29. The smallest absolute Gasteiger partial charge is 0.257 e. The Bertz CT molecular complexity index is 536. The summed E-state index contributed by atoms with van der Waals surface area (Å²) < 4.78 is 0. The molecule has 1 amide bonds. The molecule has 0 bridgehead atoms. The van der Waals surface area contributed by atoms with E-state index in [2.05, 4.69) is 15.5 Å². The second-order valence-corrected chi connectivity index (χ2v) is 4.44. The lowest BCUT2D eigenvalue weighted by atomic mass is 10.2. The maximum absolute atomic E-state index is 12.0. The number of aryl methyl sites for hydroxylation is 1. The van der Waals surface area contributed by atoms with Crippen LogP contribution in [0.2, 0.25) is 0 Å². The molecule has 2 N–H and O–H groups in total. The van der Waals surface area contributed by atoms with Gasteiger partial charge in [0.05, 0.1) is 5.56 Å². The minimum absolute atomic E-state index is 0.138. The molecule has 0 spiro atoms. The van der Waals surface area contributed by atoms with Crippen LogP contribution in [0.1, 0.15) is 16.1 Å². The summed E-state index contributed by atoms with van der Waals surface area (Å²) in [6.45, 7) is 1.89. The summed E-state index contributed by atoms with van der Waals surface area (Å²) in [5.41, 5.74) is 1.58. The maximum Gasteiger partial charge on any atom is 0.257 e. The van der Waals surface area contributed by atoms with Gasteiger partial charge in [-0.3, -0.25) is 9.89 Å². The van der Waals surface area contributed by atoms with Gasteiger partial charge in [0.1, 0.15) is 0 Å². The molecule has 5 heteroatoms. The number of carbonyl (C=O) groups excluding carboxylic acids is 1. The van der Waals surface area contributed by atoms with Gasteiger partial charge in [0, 0.05) is 16.7 Å². The first kappa shape index (κ1) is 11.7. The molecule has 2 aromatic rings. The van der Waals surface area contributed by atoms with E-state index >= 15 is 0 Å². The van der Waals surface area contributed by atoms with Crippen molar-refractivity contribution in [2.45, 2.75) is 11.8 Å². The number of H-pyrrole nitrogens is 1. The fourth-order valence-corrected chi connectivity index (χ4v) is 2.09. The van der Waals surface area contributed by atoms with Crippen LogP contribution >= 0.6 is 11.8 Å². The van der Waals surface area contributed by atoms with Gasteiger partial charge in [0.25, 0.3) is 5.91 Å². The molecular formula is C12H13N3OS. The maximum atomic E-state index is 12.0. The first-order valence-corrected chi connectivity index (χ1v) is 6.39. The summed E-state index contributed by atoms with van der Waals surface area (Å²) in [6.07, 6.45) is 1.95. The zero-order chi connectivity index (χ0) is 12.3. The number of carbonyl (C=O) groups is 1. The molecule has 1 heterocycles. The van der Waals surface area contributed by atoms with Crippen LogP contribution in [0.4, 0.5) is 5.82 Å². The summed E-state index contributed by atoms with van der Waals surface area (Å²) in [4.78, 5) is 13.0. The highest BCUT2D eigenvalue weighted by atomic mass is 32.2. The van der Waals surface area contributed by atoms with E-state index in [1.54, 1.807) is 23.9 Å². The molecule has 0 radical (unpaired) electrons. The molecule has 1 aromatic carbocycles. The lowest BCUT2D eigenvalue weighted by Gasteiger charge is -2.06. The summed E-state index contributed by atoms with van der Waals surface area (Å²) in [7, 11) is 0. The minimum Gasteiger partial charge on any atom is -0.305 e. The Kier molecular flexibility index (Phi) is 3.49. The topological polar surface area (TPSA) is 57.8 Å². The third-order valence-electron chi connectivity index (χ3n) is 2.30. The Morgan fingerprint density at radius 2 is 2.18 bits per heavy atom. The van der Waals surface area contributed by atoms with Crippen LogP contribution in [0.15, 0.2) is 35.2 Å². The van der Waals surface area contributed by atoms with E-state index in [0.717, 1.165) is 10.6 Å². The summed E-state index contributed by atoms with van der Waals surface area (Å²) >= 11 is 1.55. The van der Waals surface area contributed by atoms with Crippen molar-refractivity contribution >= 4 is 23.5 Å². The molecule has 2 rings (SSSR count). The average molecular weight is 247 g/mol. The highest BCUT2D eigenvalue weighted by molar-refractivity contribution is 7.98. The van der Waals surface area contributed by atoms with Gasteiger partial charge in [0.2, 0.25) is 0 Å². The van der Waals surface area contributed by atoms with Crippen molar-refractivity contribution < 1.29 is 4.79 Å². The van der Waals surface area contributed by atoms with E-state index in [-0.39, 0.29) is 5.91 Å². The fraction of sp³-hybridized carbons (Fsp3) is 0.167. The number of amides is 1. The minimum atomic E-state index is -0.138. The molecule has 1 aromatic heterocycles. The standard InChI is InChI=1S/C12H13N3OS/c1-8-7-11(15-14-8)13-12(16)9-5-3-4-6-10(9)17-2/h3-7H,1-2H3,(H2,13,14,15,16). The van der Waals surface area contributed by atoms with Crippen LogP contribution in [0.25, 0.3) is 0 Å². The number of aromatic nitrogens is 2. The van der Waals surface area contributed by atoms with E-state index in [1.165, 1.54) is 0 Å². The first-order chi connectivity index (χ1) is 8.20. The van der Waals surface area contributed by atoms with Crippen LogP contribution in [0.3, 0.4) is 0 Å². The van der Waals surface area contributed by atoms with Gasteiger partial charge in [-0.05, 0) is 25.3 Å². The van der Waals surface area contributed by atoms with E-state index in [0.29, 0.717) is 11.4 Å². The predicted molar refractivity (Wildman–Crippen MR) is 69.5 cm³/mol. The molecule has 0 aliphatic carbocycles. The van der Waals surface area contributed by atoms with Crippen LogP contribution < -0.4 is 5.32 Å². The van der Waals surface area contributed by atoms with Crippen LogP contribution in [0, 0.1) is 6.92 Å². The molecule has 0 aliphatic rings. The third-order valence-corrected chi connectivity index (χ3v) is 3.09. The predicted octanol–water partition coefficient (Wildman–Crippen LogP) is 2.69.